The van der Waals surface area contributed by atoms with Gasteiger partial charge in [-0.25, -0.2) is 0 Å². The van der Waals surface area contributed by atoms with Crippen LogP contribution in [0.5, 0.6) is 0 Å². The highest BCUT2D eigenvalue weighted by molar-refractivity contribution is 8.76. The van der Waals surface area contributed by atoms with E-state index in [0.717, 1.165) is 231 Å². The molecule has 1 saturated heterocycles. The quantitative estimate of drug-likeness (QED) is 0.0192. The van der Waals surface area contributed by atoms with Gasteiger partial charge in [-0.1, -0.05) is 179 Å². The van der Waals surface area contributed by atoms with Crippen LogP contribution in [-0.4, -0.2) is 217 Å². The lowest BCUT2D eigenvalue weighted by atomic mass is 10.0. The van der Waals surface area contributed by atoms with Crippen LogP contribution >= 0.6 is 21.6 Å². The monoisotopic (exact) mass is 1360 g/mol. The van der Waals surface area contributed by atoms with Gasteiger partial charge in [0.2, 0.25) is 0 Å². The minimum atomic E-state index is -0.539. The molecule has 4 unspecified atom stereocenters. The molecule has 0 aromatic carbocycles. The predicted octanol–water partition coefficient (Wildman–Crippen LogP) is 13.5. The van der Waals surface area contributed by atoms with Crippen molar-refractivity contribution in [1.82, 2.24) is 19.6 Å². The van der Waals surface area contributed by atoms with Crippen LogP contribution in [0.4, 0.5) is 0 Å². The van der Waals surface area contributed by atoms with Crippen LogP contribution in [0.3, 0.4) is 0 Å². The number of aliphatic hydroxyl groups excluding tert-OH is 4. The Morgan fingerprint density at radius 3 is 1.01 bits per heavy atom. The number of piperazine rings is 1. The second-order valence-corrected chi connectivity index (χ2v) is 29.2. The van der Waals surface area contributed by atoms with Crippen LogP contribution in [0.1, 0.15) is 279 Å². The zero-order valence-corrected chi connectivity index (χ0v) is 61.7. The van der Waals surface area contributed by atoms with Gasteiger partial charge in [-0.3, -0.25) is 43.6 Å². The smallest absolute Gasteiger partial charge is 0.305 e. The second kappa shape index (κ2) is 63.2. The molecule has 0 aliphatic carbocycles. The first kappa shape index (κ1) is 88.7. The summed E-state index contributed by atoms with van der Waals surface area (Å²) in [4.78, 5) is 70.4. The van der Waals surface area contributed by atoms with Gasteiger partial charge in [0, 0.05) is 109 Å². The normalized spacial score (nSPS) is 14.5. The summed E-state index contributed by atoms with van der Waals surface area (Å²) < 4.78 is 27.2. The fourth-order valence-electron chi connectivity index (χ4n) is 11.5. The number of unbranched alkanes of at least 4 members (excludes halogenated alkanes) is 16. The molecule has 0 aromatic rings. The van der Waals surface area contributed by atoms with E-state index in [1.165, 1.54) is 0 Å². The molecule has 1 rings (SSSR count). The zero-order valence-electron chi connectivity index (χ0n) is 60.0. The van der Waals surface area contributed by atoms with Crippen molar-refractivity contribution in [3.63, 3.8) is 0 Å². The molecule has 0 saturated carbocycles. The third-order valence-electron chi connectivity index (χ3n) is 18.1. The van der Waals surface area contributed by atoms with Gasteiger partial charge in [0.05, 0.1) is 50.8 Å². The van der Waals surface area contributed by atoms with Crippen molar-refractivity contribution in [3.8, 4) is 0 Å². The summed E-state index contributed by atoms with van der Waals surface area (Å²) in [6.07, 6.45) is 28.3. The van der Waals surface area contributed by atoms with Gasteiger partial charge in [0.1, 0.15) is 6.61 Å². The van der Waals surface area contributed by atoms with E-state index in [0.29, 0.717) is 142 Å². The van der Waals surface area contributed by atoms with E-state index in [2.05, 4.69) is 61.1 Å². The van der Waals surface area contributed by atoms with Crippen LogP contribution in [-0.2, 0) is 47.7 Å². The van der Waals surface area contributed by atoms with Gasteiger partial charge in [-0.15, -0.1) is 0 Å². The van der Waals surface area contributed by atoms with Crippen molar-refractivity contribution in [3.05, 3.63) is 0 Å². The Kier molecular flexibility index (Phi) is 60.3. The molecule has 548 valence electrons. The first-order valence-electron chi connectivity index (χ1n) is 37.8. The van der Waals surface area contributed by atoms with Crippen molar-refractivity contribution in [2.45, 2.75) is 304 Å². The minimum Gasteiger partial charge on any atom is -0.466 e. The largest absolute Gasteiger partial charge is 0.466 e. The van der Waals surface area contributed by atoms with Gasteiger partial charge in [0.15, 0.2) is 0 Å². The van der Waals surface area contributed by atoms with E-state index in [1.54, 1.807) is 0 Å². The number of hydrogen-bond donors (Lipinski definition) is 4. The van der Waals surface area contributed by atoms with Gasteiger partial charge in [0.25, 0.3) is 0 Å². The van der Waals surface area contributed by atoms with Crippen molar-refractivity contribution in [2.75, 3.05) is 123 Å². The summed E-state index contributed by atoms with van der Waals surface area (Å²) in [5.41, 5.74) is 0. The van der Waals surface area contributed by atoms with Crippen LogP contribution in [0.2, 0.25) is 0 Å². The molecule has 4 atom stereocenters. The second-order valence-electron chi connectivity index (χ2n) is 26.5. The lowest BCUT2D eigenvalue weighted by molar-refractivity contribution is -0.146. The highest BCUT2D eigenvalue weighted by atomic mass is 33.1. The van der Waals surface area contributed by atoms with Crippen LogP contribution in [0.25, 0.3) is 0 Å². The van der Waals surface area contributed by atoms with E-state index >= 15 is 0 Å². The van der Waals surface area contributed by atoms with E-state index in [1.807, 2.05) is 21.6 Å². The van der Waals surface area contributed by atoms with Crippen molar-refractivity contribution < 1.29 is 68.1 Å². The maximum Gasteiger partial charge on any atom is 0.305 e. The summed E-state index contributed by atoms with van der Waals surface area (Å²) in [6.45, 7) is 24.1. The molecule has 1 aliphatic heterocycles. The van der Waals surface area contributed by atoms with E-state index in [4.69, 9.17) is 23.7 Å². The van der Waals surface area contributed by atoms with Gasteiger partial charge < -0.3 is 44.1 Å². The maximum absolute atomic E-state index is 12.9. The number of nitrogens with zero attached hydrogens (tertiary/aromatic N) is 4. The lowest BCUT2D eigenvalue weighted by Gasteiger charge is -2.34. The van der Waals surface area contributed by atoms with Crippen LogP contribution in [0.15, 0.2) is 0 Å². The summed E-state index contributed by atoms with van der Waals surface area (Å²) in [5.74, 6) is 2.28. The predicted molar refractivity (Wildman–Crippen MR) is 381 cm³/mol. The number of aliphatic hydroxyl groups is 4. The molecule has 4 N–H and O–H groups in total. The van der Waals surface area contributed by atoms with Crippen LogP contribution < -0.4 is 0 Å². The Labute approximate surface area is 574 Å². The average molecular weight is 1360 g/mol. The Morgan fingerprint density at radius 1 is 0.355 bits per heavy atom. The molecule has 0 spiro atoms. The SMILES string of the molecule is CCCCOC(=O)CCCCCCC(O)CN(CCCCSSCCN1CCN(CCOC(=O)CCCCN(CC(O)CCCCCCC(=O)OCC(CC)CC)CC(O)CCCCCCC(=O)OCC(CC)CC)CC1)CC(O)CCCCCCC(=O)OCCCC. The third-order valence-corrected chi connectivity index (χ3v) is 20.6. The molecule has 0 radical (unpaired) electrons. The lowest BCUT2D eigenvalue weighted by Crippen LogP contribution is -2.47. The summed E-state index contributed by atoms with van der Waals surface area (Å²) >= 11 is 0. The van der Waals surface area contributed by atoms with Gasteiger partial charge in [-0.05, 0) is 115 Å². The first-order valence-corrected chi connectivity index (χ1v) is 40.3. The fourth-order valence-corrected chi connectivity index (χ4v) is 13.7. The highest BCUT2D eigenvalue weighted by Gasteiger charge is 2.21. The molecule has 0 amide bonds. The molecule has 1 fully saturated rings. The Balaban J connectivity index is 2.45. The molecule has 1 aliphatic rings. The van der Waals surface area contributed by atoms with Crippen LogP contribution in [0, 0.1) is 11.8 Å². The molecular weight excluding hydrogens is 1220 g/mol. The number of hydrogen-bond acceptors (Lipinski definition) is 20. The zero-order chi connectivity index (χ0) is 68.2. The van der Waals surface area contributed by atoms with Gasteiger partial charge >= 0.3 is 29.8 Å². The number of ether oxygens (including phenoxy) is 5. The number of carbonyl (C=O) groups is 5. The number of rotatable bonds is 67. The minimum absolute atomic E-state index is 0.116. The molecule has 1 heterocycles. The van der Waals surface area contributed by atoms with Crippen molar-refractivity contribution >= 4 is 51.4 Å². The summed E-state index contributed by atoms with van der Waals surface area (Å²) in [7, 11) is 3.85. The van der Waals surface area contributed by atoms with E-state index in [-0.39, 0.29) is 29.8 Å². The third kappa shape index (κ3) is 55.3. The fraction of sp³-hybridized carbons (Fsp3) is 0.932. The Hall–Kier alpha value is -2.27. The summed E-state index contributed by atoms with van der Waals surface area (Å²) in [5, 5.41) is 44.3. The maximum atomic E-state index is 12.9. The van der Waals surface area contributed by atoms with Crippen molar-refractivity contribution in [1.29, 1.82) is 0 Å². The van der Waals surface area contributed by atoms with Gasteiger partial charge in [-0.2, -0.15) is 0 Å². The van der Waals surface area contributed by atoms with E-state index < -0.39 is 24.4 Å². The Morgan fingerprint density at radius 2 is 0.656 bits per heavy atom. The topological polar surface area (TPSA) is 225 Å². The molecule has 18 nitrogen and oxygen atoms in total. The first-order chi connectivity index (χ1) is 45.1. The molecular formula is C73H140N4O14S2. The molecule has 20 heteroatoms. The van der Waals surface area contributed by atoms with E-state index in [9.17, 15) is 44.4 Å². The Bertz CT molecular complexity index is 1670. The molecule has 0 aromatic heterocycles. The standard InChI is InChI=1S/C73H140N4O14S2/c1-7-13-52-87-69(82)39-27-19-15-23-37-67(80)59-77(60-68(81)38-24-16-20-28-40-70(83)88-53-14-8-2)45-33-34-55-92-93-56-51-75-48-46-74(47-49-75)50-54-89-71(84)43-31-32-44-76(57-65(78)35-25-17-21-29-41-72(85)90-61-63(9-3)10-4)58-66(79)36-26-18-22-30-42-73(86)91-62-64(11-5)12-6/h63-68,78-81H,7-62H2,1-6H3. The van der Waals surface area contributed by atoms with Crippen molar-refractivity contribution in [2.24, 2.45) is 11.8 Å². The highest BCUT2D eigenvalue weighted by Crippen LogP contribution is 2.24. The summed E-state index contributed by atoms with van der Waals surface area (Å²) in [6, 6.07) is 0. The molecule has 93 heavy (non-hydrogen) atoms. The number of carbonyl (C=O) groups excluding carboxylic acids is 5. The molecule has 0 bridgehead atoms. The average Bonchev–Trinajstić information content (AvgIpc) is 3.71. The number of esters is 5.